The second-order valence-corrected chi connectivity index (χ2v) is 3.69. The van der Waals surface area contributed by atoms with Crippen molar-refractivity contribution in [1.82, 2.24) is 10.2 Å². The summed E-state index contributed by atoms with van der Waals surface area (Å²) in [6, 6.07) is 0. The SMILES string of the molecule is CN1C(=S)NC(C)(C)C1=S. The minimum atomic E-state index is -0.138. The van der Waals surface area contributed by atoms with Gasteiger partial charge in [0, 0.05) is 7.05 Å². The number of thiocarbonyl (C=S) groups is 2. The molecule has 2 nitrogen and oxygen atoms in total. The summed E-state index contributed by atoms with van der Waals surface area (Å²) in [6.45, 7) is 4.04. The predicted octanol–water partition coefficient (Wildman–Crippen LogP) is 0.912. The Bertz CT molecular complexity index is 198. The zero-order valence-electron chi connectivity index (χ0n) is 6.26. The minimum absolute atomic E-state index is 0.138. The van der Waals surface area contributed by atoms with Crippen LogP contribution >= 0.6 is 24.4 Å². The summed E-state index contributed by atoms with van der Waals surface area (Å²) in [7, 11) is 1.88. The van der Waals surface area contributed by atoms with Crippen molar-refractivity contribution in [2.24, 2.45) is 0 Å². The Balaban J connectivity index is 2.92. The van der Waals surface area contributed by atoms with Gasteiger partial charge in [0.2, 0.25) is 0 Å². The monoisotopic (exact) mass is 174 g/mol. The molecule has 1 aliphatic heterocycles. The Labute approximate surface area is 71.6 Å². The largest absolute Gasteiger partial charge is 0.351 e. The standard InChI is InChI=1S/C6H10N2S2/c1-6(2)4(9)8(3)5(10)7-6/h1-3H3,(H,7,10). The van der Waals surface area contributed by atoms with E-state index in [0.717, 1.165) is 10.1 Å². The molecule has 0 aromatic carbocycles. The van der Waals surface area contributed by atoms with E-state index in [0.29, 0.717) is 0 Å². The van der Waals surface area contributed by atoms with E-state index >= 15 is 0 Å². The molecular weight excluding hydrogens is 164 g/mol. The normalized spacial score (nSPS) is 23.3. The van der Waals surface area contributed by atoms with E-state index in [9.17, 15) is 0 Å². The lowest BCUT2D eigenvalue weighted by Gasteiger charge is -2.16. The molecule has 1 saturated heterocycles. The zero-order chi connectivity index (χ0) is 7.94. The van der Waals surface area contributed by atoms with Crippen LogP contribution in [0.4, 0.5) is 0 Å². The lowest BCUT2D eigenvalue weighted by atomic mass is 10.1. The maximum atomic E-state index is 5.13. The first-order valence-corrected chi connectivity index (χ1v) is 3.87. The molecule has 4 heteroatoms. The molecule has 0 saturated carbocycles. The molecule has 10 heavy (non-hydrogen) atoms. The number of nitrogens with zero attached hydrogens (tertiary/aromatic N) is 1. The van der Waals surface area contributed by atoms with Gasteiger partial charge in [0.25, 0.3) is 0 Å². The van der Waals surface area contributed by atoms with Crippen molar-refractivity contribution in [3.8, 4) is 0 Å². The molecule has 0 aromatic rings. The van der Waals surface area contributed by atoms with Gasteiger partial charge in [-0.1, -0.05) is 12.2 Å². The minimum Gasteiger partial charge on any atom is -0.351 e. The number of nitrogens with one attached hydrogen (secondary N) is 1. The molecule has 0 bridgehead atoms. The lowest BCUT2D eigenvalue weighted by molar-refractivity contribution is 0.642. The smallest absolute Gasteiger partial charge is 0.174 e. The summed E-state index contributed by atoms with van der Waals surface area (Å²) >= 11 is 10.1. The Morgan fingerprint density at radius 2 is 1.90 bits per heavy atom. The molecule has 0 atom stereocenters. The Morgan fingerprint density at radius 3 is 2.00 bits per heavy atom. The van der Waals surface area contributed by atoms with E-state index in [1.165, 1.54) is 0 Å². The van der Waals surface area contributed by atoms with Gasteiger partial charge in [-0.2, -0.15) is 0 Å². The Hall–Kier alpha value is -0.220. The van der Waals surface area contributed by atoms with Crippen molar-refractivity contribution < 1.29 is 0 Å². The summed E-state index contributed by atoms with van der Waals surface area (Å²) in [6.07, 6.45) is 0. The van der Waals surface area contributed by atoms with Crippen LogP contribution < -0.4 is 5.32 Å². The summed E-state index contributed by atoms with van der Waals surface area (Å²) in [4.78, 5) is 2.68. The van der Waals surface area contributed by atoms with Gasteiger partial charge in [-0.15, -0.1) is 0 Å². The first-order chi connectivity index (χ1) is 4.45. The van der Waals surface area contributed by atoms with Gasteiger partial charge in [0.15, 0.2) is 5.11 Å². The average Bonchev–Trinajstić information content (AvgIpc) is 1.95. The van der Waals surface area contributed by atoms with Crippen molar-refractivity contribution in [3.63, 3.8) is 0 Å². The summed E-state index contributed by atoms with van der Waals surface area (Å²) in [5, 5.41) is 3.83. The van der Waals surface area contributed by atoms with Gasteiger partial charge in [0.1, 0.15) is 4.99 Å². The molecule has 0 aromatic heterocycles. The van der Waals surface area contributed by atoms with Crippen LogP contribution in [0.15, 0.2) is 0 Å². The fourth-order valence-corrected chi connectivity index (χ4v) is 1.46. The van der Waals surface area contributed by atoms with E-state index < -0.39 is 0 Å². The van der Waals surface area contributed by atoms with Gasteiger partial charge in [-0.05, 0) is 26.1 Å². The van der Waals surface area contributed by atoms with Crippen LogP contribution in [0.5, 0.6) is 0 Å². The number of hydrogen-bond donors (Lipinski definition) is 1. The molecule has 0 amide bonds. The third kappa shape index (κ3) is 1.01. The Kier molecular flexibility index (Phi) is 1.68. The maximum absolute atomic E-state index is 5.13. The summed E-state index contributed by atoms with van der Waals surface area (Å²) in [5.41, 5.74) is -0.138. The Morgan fingerprint density at radius 1 is 1.40 bits per heavy atom. The van der Waals surface area contributed by atoms with Crippen LogP contribution in [0.25, 0.3) is 0 Å². The molecule has 0 spiro atoms. The van der Waals surface area contributed by atoms with Gasteiger partial charge in [-0.25, -0.2) is 0 Å². The maximum Gasteiger partial charge on any atom is 0.174 e. The van der Waals surface area contributed by atoms with Crippen LogP contribution in [-0.4, -0.2) is 27.6 Å². The summed E-state index contributed by atoms with van der Waals surface area (Å²) in [5.74, 6) is 0. The number of rotatable bonds is 0. The second-order valence-electron chi connectivity index (χ2n) is 2.92. The van der Waals surface area contributed by atoms with Crippen molar-refractivity contribution in [1.29, 1.82) is 0 Å². The third-order valence-electron chi connectivity index (χ3n) is 1.56. The molecule has 1 aliphatic rings. The van der Waals surface area contributed by atoms with Crippen molar-refractivity contribution in [3.05, 3.63) is 0 Å². The quantitative estimate of drug-likeness (QED) is 0.549. The van der Waals surface area contributed by atoms with Gasteiger partial charge >= 0.3 is 0 Å². The van der Waals surface area contributed by atoms with Crippen LogP contribution in [0, 0.1) is 0 Å². The highest BCUT2D eigenvalue weighted by molar-refractivity contribution is 7.82. The van der Waals surface area contributed by atoms with Crippen molar-refractivity contribution >= 4 is 34.5 Å². The fraction of sp³-hybridized carbons (Fsp3) is 0.667. The number of hydrogen-bond acceptors (Lipinski definition) is 2. The van der Waals surface area contributed by atoms with Crippen LogP contribution in [0.3, 0.4) is 0 Å². The highest BCUT2D eigenvalue weighted by atomic mass is 32.1. The molecule has 56 valence electrons. The molecule has 0 radical (unpaired) electrons. The molecule has 0 aliphatic carbocycles. The van der Waals surface area contributed by atoms with E-state index in [2.05, 4.69) is 5.32 Å². The molecule has 1 rings (SSSR count). The van der Waals surface area contributed by atoms with Gasteiger partial charge in [0.05, 0.1) is 5.54 Å². The van der Waals surface area contributed by atoms with Gasteiger partial charge in [-0.3, -0.25) is 0 Å². The number of likely N-dealkylation sites (N-methyl/N-ethyl adjacent to an activating group) is 1. The topological polar surface area (TPSA) is 15.3 Å². The molecule has 0 unspecified atom stereocenters. The first kappa shape index (κ1) is 7.88. The van der Waals surface area contributed by atoms with Crippen molar-refractivity contribution in [2.75, 3.05) is 7.05 Å². The van der Waals surface area contributed by atoms with Crippen LogP contribution in [0.1, 0.15) is 13.8 Å². The van der Waals surface area contributed by atoms with Gasteiger partial charge < -0.3 is 10.2 Å². The van der Waals surface area contributed by atoms with Crippen LogP contribution in [0.2, 0.25) is 0 Å². The van der Waals surface area contributed by atoms with E-state index in [1.807, 2.05) is 25.8 Å². The predicted molar refractivity (Wildman–Crippen MR) is 50.2 cm³/mol. The lowest BCUT2D eigenvalue weighted by Crippen LogP contribution is -2.38. The third-order valence-corrected chi connectivity index (χ3v) is 2.72. The highest BCUT2D eigenvalue weighted by Gasteiger charge is 2.35. The highest BCUT2D eigenvalue weighted by Crippen LogP contribution is 2.16. The fourth-order valence-electron chi connectivity index (χ4n) is 0.916. The van der Waals surface area contributed by atoms with E-state index in [1.54, 1.807) is 0 Å². The first-order valence-electron chi connectivity index (χ1n) is 3.05. The van der Waals surface area contributed by atoms with Crippen molar-refractivity contribution in [2.45, 2.75) is 19.4 Å². The molecular formula is C6H10N2S2. The molecule has 1 fully saturated rings. The van der Waals surface area contributed by atoms with E-state index in [4.69, 9.17) is 24.4 Å². The van der Waals surface area contributed by atoms with E-state index in [-0.39, 0.29) is 5.54 Å². The molecule has 1 heterocycles. The second kappa shape index (κ2) is 2.13. The molecule has 1 N–H and O–H groups in total. The summed E-state index contributed by atoms with van der Waals surface area (Å²) < 4.78 is 0. The average molecular weight is 174 g/mol. The van der Waals surface area contributed by atoms with Crippen LogP contribution in [-0.2, 0) is 0 Å². The zero-order valence-corrected chi connectivity index (χ0v) is 7.90.